The van der Waals surface area contributed by atoms with Crippen molar-refractivity contribution in [1.29, 1.82) is 0 Å². The first-order valence-electron chi connectivity index (χ1n) is 2.52. The van der Waals surface area contributed by atoms with Gasteiger partial charge in [0.05, 0.1) is 0 Å². The second-order valence-corrected chi connectivity index (χ2v) is 2.54. The van der Waals surface area contributed by atoms with Gasteiger partial charge in [0.15, 0.2) is 0 Å². The van der Waals surface area contributed by atoms with Crippen LogP contribution in [0.25, 0.3) is 0 Å². The van der Waals surface area contributed by atoms with Gasteiger partial charge in [-0.1, -0.05) is 6.08 Å². The van der Waals surface area contributed by atoms with Gasteiger partial charge in [-0.3, -0.25) is 0 Å². The van der Waals surface area contributed by atoms with Gasteiger partial charge in [-0.15, -0.1) is 0 Å². The Morgan fingerprint density at radius 3 is 2.38 bits per heavy atom. The van der Waals surface area contributed by atoms with E-state index in [-0.39, 0.29) is 5.83 Å². The lowest BCUT2D eigenvalue weighted by Gasteiger charge is -2.00. The summed E-state index contributed by atoms with van der Waals surface area (Å²) in [6, 6.07) is 0. The van der Waals surface area contributed by atoms with Gasteiger partial charge in [0, 0.05) is 4.48 Å². The minimum atomic E-state index is -0.128. The highest BCUT2D eigenvalue weighted by atomic mass is 79.9. The van der Waals surface area contributed by atoms with E-state index in [1.165, 1.54) is 0 Å². The van der Waals surface area contributed by atoms with Crippen LogP contribution in [0.4, 0.5) is 4.39 Å². The highest BCUT2D eigenvalue weighted by Crippen LogP contribution is 2.23. The van der Waals surface area contributed by atoms with Crippen molar-refractivity contribution >= 4 is 15.9 Å². The van der Waals surface area contributed by atoms with E-state index in [2.05, 4.69) is 15.9 Å². The number of halogens is 2. The van der Waals surface area contributed by atoms with Gasteiger partial charge in [-0.05, 0) is 34.8 Å². The first kappa shape index (κ1) is 6.02. The molecule has 0 radical (unpaired) electrons. The summed E-state index contributed by atoms with van der Waals surface area (Å²) in [5, 5.41) is 0. The first-order chi connectivity index (χ1) is 3.80. The molecule has 0 aliphatic heterocycles. The molecule has 2 heteroatoms. The minimum absolute atomic E-state index is 0.128. The molecule has 0 heterocycles. The molecule has 0 N–H and O–H groups in total. The molecular formula is C6H6BrF. The third-order valence-corrected chi connectivity index (χ3v) is 1.74. The maximum atomic E-state index is 12.3. The van der Waals surface area contributed by atoms with Crippen LogP contribution in [0.5, 0.6) is 0 Å². The third-order valence-electron chi connectivity index (χ3n) is 1.04. The van der Waals surface area contributed by atoms with Crippen molar-refractivity contribution < 1.29 is 4.39 Å². The molecule has 0 unspecified atom stereocenters. The Morgan fingerprint density at radius 1 is 1.38 bits per heavy atom. The fourth-order valence-electron chi connectivity index (χ4n) is 0.615. The molecule has 0 spiro atoms. The van der Waals surface area contributed by atoms with Gasteiger partial charge in [0.25, 0.3) is 0 Å². The fraction of sp³-hybridized carbons (Fsp3) is 0.333. The smallest absolute Gasteiger partial charge is 0.133 e. The van der Waals surface area contributed by atoms with Crippen LogP contribution in [-0.2, 0) is 0 Å². The Balaban J connectivity index is 2.73. The summed E-state index contributed by atoms with van der Waals surface area (Å²) < 4.78 is 12.9. The van der Waals surface area contributed by atoms with Crippen LogP contribution in [0.3, 0.4) is 0 Å². The highest BCUT2D eigenvalue weighted by Gasteiger charge is 2.02. The van der Waals surface area contributed by atoms with Crippen molar-refractivity contribution in [2.45, 2.75) is 12.8 Å². The molecule has 0 fully saturated rings. The van der Waals surface area contributed by atoms with E-state index in [9.17, 15) is 4.39 Å². The van der Waals surface area contributed by atoms with E-state index in [1.807, 2.05) is 6.08 Å². The number of hydrogen-bond donors (Lipinski definition) is 0. The molecule has 0 atom stereocenters. The molecule has 0 aromatic carbocycles. The van der Waals surface area contributed by atoms with Crippen LogP contribution in [-0.4, -0.2) is 0 Å². The fourth-order valence-corrected chi connectivity index (χ4v) is 1.01. The monoisotopic (exact) mass is 176 g/mol. The number of hydrogen-bond acceptors (Lipinski definition) is 0. The summed E-state index contributed by atoms with van der Waals surface area (Å²) in [5.74, 6) is -0.128. The Bertz CT molecular complexity index is 129. The van der Waals surface area contributed by atoms with Crippen LogP contribution < -0.4 is 0 Å². The van der Waals surface area contributed by atoms with E-state index < -0.39 is 0 Å². The standard InChI is InChI=1S/C6H6BrF/c7-5-3-1-2-4-6(5)8/h3-4H,1-2H2. The first-order valence-corrected chi connectivity index (χ1v) is 3.31. The Morgan fingerprint density at radius 2 is 2.00 bits per heavy atom. The van der Waals surface area contributed by atoms with Crippen molar-refractivity contribution in [3.8, 4) is 0 Å². The molecule has 0 bridgehead atoms. The molecule has 1 rings (SSSR count). The maximum Gasteiger partial charge on any atom is 0.133 e. The Labute approximate surface area is 56.2 Å². The van der Waals surface area contributed by atoms with Crippen molar-refractivity contribution in [2.75, 3.05) is 0 Å². The topological polar surface area (TPSA) is 0 Å². The number of rotatable bonds is 0. The minimum Gasteiger partial charge on any atom is -0.206 e. The van der Waals surface area contributed by atoms with Crippen molar-refractivity contribution in [1.82, 2.24) is 0 Å². The summed E-state index contributed by atoms with van der Waals surface area (Å²) >= 11 is 3.07. The largest absolute Gasteiger partial charge is 0.206 e. The molecular weight excluding hydrogens is 171 g/mol. The van der Waals surface area contributed by atoms with Gasteiger partial charge in [0.2, 0.25) is 0 Å². The molecule has 0 saturated carbocycles. The predicted molar refractivity (Wildman–Crippen MR) is 35.4 cm³/mol. The molecule has 0 nitrogen and oxygen atoms in total. The molecule has 0 saturated heterocycles. The van der Waals surface area contributed by atoms with Gasteiger partial charge in [-0.25, -0.2) is 4.39 Å². The van der Waals surface area contributed by atoms with Crippen molar-refractivity contribution in [3.05, 3.63) is 22.5 Å². The summed E-state index contributed by atoms with van der Waals surface area (Å²) in [6.07, 6.45) is 5.22. The SMILES string of the molecule is FC1=CCCC=C1Br. The lowest BCUT2D eigenvalue weighted by Crippen LogP contribution is -1.81. The molecule has 1 aliphatic rings. The van der Waals surface area contributed by atoms with Gasteiger partial charge >= 0.3 is 0 Å². The van der Waals surface area contributed by atoms with Gasteiger partial charge < -0.3 is 0 Å². The van der Waals surface area contributed by atoms with Crippen LogP contribution >= 0.6 is 15.9 Å². The molecule has 1 aliphatic carbocycles. The lowest BCUT2D eigenvalue weighted by atomic mass is 10.2. The van der Waals surface area contributed by atoms with E-state index in [4.69, 9.17) is 0 Å². The van der Waals surface area contributed by atoms with Crippen LogP contribution in [0, 0.1) is 0 Å². The summed E-state index contributed by atoms with van der Waals surface area (Å²) in [5.41, 5.74) is 0. The molecule has 0 amide bonds. The summed E-state index contributed by atoms with van der Waals surface area (Å²) in [7, 11) is 0. The zero-order valence-corrected chi connectivity index (χ0v) is 5.91. The van der Waals surface area contributed by atoms with Gasteiger partial charge in [0.1, 0.15) is 5.83 Å². The molecule has 0 aromatic rings. The zero-order valence-electron chi connectivity index (χ0n) is 4.32. The predicted octanol–water partition coefficient (Wildman–Crippen LogP) is 2.91. The maximum absolute atomic E-state index is 12.3. The van der Waals surface area contributed by atoms with Gasteiger partial charge in [-0.2, -0.15) is 0 Å². The van der Waals surface area contributed by atoms with Crippen molar-refractivity contribution in [2.24, 2.45) is 0 Å². The normalized spacial score (nSPS) is 19.8. The zero-order chi connectivity index (χ0) is 5.98. The summed E-state index contributed by atoms with van der Waals surface area (Å²) in [4.78, 5) is 0. The second-order valence-electron chi connectivity index (χ2n) is 1.68. The molecule has 8 heavy (non-hydrogen) atoms. The second kappa shape index (κ2) is 2.44. The van der Waals surface area contributed by atoms with E-state index in [0.29, 0.717) is 4.48 Å². The lowest BCUT2D eigenvalue weighted by molar-refractivity contribution is 0.649. The van der Waals surface area contributed by atoms with E-state index in [0.717, 1.165) is 12.8 Å². The average molecular weight is 177 g/mol. The van der Waals surface area contributed by atoms with E-state index >= 15 is 0 Å². The molecule has 44 valence electrons. The van der Waals surface area contributed by atoms with Crippen LogP contribution in [0.1, 0.15) is 12.8 Å². The van der Waals surface area contributed by atoms with E-state index in [1.54, 1.807) is 6.08 Å². The number of allylic oxidation sites excluding steroid dienone is 4. The third kappa shape index (κ3) is 1.19. The average Bonchev–Trinajstić information content (AvgIpc) is 1.77. The van der Waals surface area contributed by atoms with Crippen LogP contribution in [0.15, 0.2) is 22.5 Å². The summed E-state index contributed by atoms with van der Waals surface area (Å²) in [6.45, 7) is 0. The Kier molecular flexibility index (Phi) is 1.84. The molecule has 0 aromatic heterocycles. The van der Waals surface area contributed by atoms with Crippen molar-refractivity contribution in [3.63, 3.8) is 0 Å². The Hall–Kier alpha value is -0.110. The quantitative estimate of drug-likeness (QED) is 0.533. The highest BCUT2D eigenvalue weighted by molar-refractivity contribution is 9.11. The van der Waals surface area contributed by atoms with Crippen LogP contribution in [0.2, 0.25) is 0 Å².